The number of likely N-dealkylation sites (N-methyl/N-ethyl adjacent to an activating group) is 1. The van der Waals surface area contributed by atoms with E-state index in [4.69, 9.17) is 5.73 Å². The van der Waals surface area contributed by atoms with Gasteiger partial charge in [-0.05, 0) is 33.2 Å². The molecule has 1 saturated heterocycles. The van der Waals surface area contributed by atoms with Crippen LogP contribution in [0, 0.1) is 6.92 Å². The summed E-state index contributed by atoms with van der Waals surface area (Å²) in [7, 11) is 1.87. The van der Waals surface area contributed by atoms with Gasteiger partial charge in [0.2, 0.25) is 0 Å². The predicted molar refractivity (Wildman–Crippen MR) is 75.4 cm³/mol. The lowest BCUT2D eigenvalue weighted by atomic mass is 10.0. The van der Waals surface area contributed by atoms with Gasteiger partial charge in [-0.15, -0.1) is 0 Å². The molecule has 1 aromatic rings. The Morgan fingerprint density at radius 1 is 1.63 bits per heavy atom. The molecule has 6 nitrogen and oxygen atoms in total. The number of hydrogen-bond acceptors (Lipinski definition) is 4. The Hall–Kier alpha value is -1.56. The highest BCUT2D eigenvalue weighted by atomic mass is 16.1. The highest BCUT2D eigenvalue weighted by Gasteiger charge is 2.27. The van der Waals surface area contributed by atoms with E-state index in [0.29, 0.717) is 17.3 Å². The minimum absolute atomic E-state index is 0.395. The van der Waals surface area contributed by atoms with Crippen molar-refractivity contribution in [3.05, 3.63) is 11.3 Å². The van der Waals surface area contributed by atoms with Gasteiger partial charge < -0.3 is 16.0 Å². The SMILES string of the molecule is CCN(c1c(C(N)=O)c(C)nn1C)C1CCCNC1. The van der Waals surface area contributed by atoms with Gasteiger partial charge in [0.15, 0.2) is 0 Å². The molecule has 0 bridgehead atoms. The molecule has 19 heavy (non-hydrogen) atoms. The molecular weight excluding hydrogens is 242 g/mol. The first-order valence-corrected chi connectivity index (χ1v) is 6.87. The number of amides is 1. The van der Waals surface area contributed by atoms with Crippen molar-refractivity contribution in [3.63, 3.8) is 0 Å². The summed E-state index contributed by atoms with van der Waals surface area (Å²) in [6, 6.07) is 0.395. The van der Waals surface area contributed by atoms with Crippen LogP contribution in [0.3, 0.4) is 0 Å². The summed E-state index contributed by atoms with van der Waals surface area (Å²) in [5.41, 5.74) is 6.77. The van der Waals surface area contributed by atoms with E-state index in [1.165, 1.54) is 0 Å². The Balaban J connectivity index is 2.39. The van der Waals surface area contributed by atoms with Gasteiger partial charge in [-0.25, -0.2) is 0 Å². The van der Waals surface area contributed by atoms with Crippen molar-refractivity contribution < 1.29 is 4.79 Å². The number of anilines is 1. The van der Waals surface area contributed by atoms with E-state index in [2.05, 4.69) is 22.2 Å². The Bertz CT molecular complexity index is 462. The fourth-order valence-electron chi connectivity index (χ4n) is 2.94. The molecule has 1 aliphatic rings. The van der Waals surface area contributed by atoms with Crippen LogP contribution < -0.4 is 16.0 Å². The van der Waals surface area contributed by atoms with Crippen molar-refractivity contribution >= 4 is 11.7 Å². The summed E-state index contributed by atoms with van der Waals surface area (Å²) in [5, 5.41) is 7.76. The third-order valence-electron chi connectivity index (χ3n) is 3.76. The number of aromatic nitrogens is 2. The third kappa shape index (κ3) is 2.58. The zero-order valence-electron chi connectivity index (χ0n) is 11.9. The normalized spacial score (nSPS) is 19.4. The van der Waals surface area contributed by atoms with Gasteiger partial charge in [-0.2, -0.15) is 5.10 Å². The van der Waals surface area contributed by atoms with Crippen LogP contribution in [0.2, 0.25) is 0 Å². The molecule has 0 aliphatic carbocycles. The monoisotopic (exact) mass is 265 g/mol. The van der Waals surface area contributed by atoms with Gasteiger partial charge in [0.1, 0.15) is 11.4 Å². The number of aryl methyl sites for hydroxylation is 2. The summed E-state index contributed by atoms with van der Waals surface area (Å²) in [5.74, 6) is 0.448. The van der Waals surface area contributed by atoms with Crippen LogP contribution in [0.15, 0.2) is 0 Å². The number of nitrogens with one attached hydrogen (secondary N) is 1. The fraction of sp³-hybridized carbons (Fsp3) is 0.692. The first kappa shape index (κ1) is 13.9. The maximum atomic E-state index is 11.7. The zero-order valence-corrected chi connectivity index (χ0v) is 11.9. The molecule has 1 fully saturated rings. The average molecular weight is 265 g/mol. The van der Waals surface area contributed by atoms with Gasteiger partial charge in [0, 0.05) is 26.2 Å². The second kappa shape index (κ2) is 5.61. The highest BCUT2D eigenvalue weighted by molar-refractivity contribution is 5.99. The highest BCUT2D eigenvalue weighted by Crippen LogP contribution is 2.26. The van der Waals surface area contributed by atoms with E-state index in [1.807, 2.05) is 14.0 Å². The molecule has 2 heterocycles. The van der Waals surface area contributed by atoms with Gasteiger partial charge in [0.25, 0.3) is 5.91 Å². The molecule has 0 radical (unpaired) electrons. The summed E-state index contributed by atoms with van der Waals surface area (Å²) >= 11 is 0. The lowest BCUT2D eigenvalue weighted by Gasteiger charge is -2.35. The maximum Gasteiger partial charge on any atom is 0.254 e. The van der Waals surface area contributed by atoms with Crippen molar-refractivity contribution in [1.82, 2.24) is 15.1 Å². The number of carbonyl (C=O) groups excluding carboxylic acids is 1. The lowest BCUT2D eigenvalue weighted by Crippen LogP contribution is -2.47. The van der Waals surface area contributed by atoms with Gasteiger partial charge in [-0.1, -0.05) is 0 Å². The van der Waals surface area contributed by atoms with E-state index in [1.54, 1.807) is 4.68 Å². The van der Waals surface area contributed by atoms with Crippen LogP contribution in [0.4, 0.5) is 5.82 Å². The predicted octanol–water partition coefficient (Wildman–Crippen LogP) is 0.406. The van der Waals surface area contributed by atoms with Crippen molar-refractivity contribution in [3.8, 4) is 0 Å². The van der Waals surface area contributed by atoms with E-state index in [0.717, 1.165) is 38.3 Å². The molecule has 106 valence electrons. The molecule has 0 saturated carbocycles. The van der Waals surface area contributed by atoms with Crippen molar-refractivity contribution in [1.29, 1.82) is 0 Å². The smallest absolute Gasteiger partial charge is 0.254 e. The number of nitrogens with two attached hydrogens (primary N) is 1. The zero-order chi connectivity index (χ0) is 14.0. The van der Waals surface area contributed by atoms with E-state index in [-0.39, 0.29) is 0 Å². The maximum absolute atomic E-state index is 11.7. The topological polar surface area (TPSA) is 76.2 Å². The molecule has 6 heteroatoms. The molecule has 2 rings (SSSR count). The molecule has 1 aromatic heterocycles. The van der Waals surface area contributed by atoms with E-state index in [9.17, 15) is 4.79 Å². The molecule has 1 aliphatic heterocycles. The molecule has 0 spiro atoms. The van der Waals surface area contributed by atoms with Gasteiger partial charge >= 0.3 is 0 Å². The number of nitrogens with zero attached hydrogens (tertiary/aromatic N) is 3. The number of carbonyl (C=O) groups is 1. The van der Waals surface area contributed by atoms with Crippen LogP contribution in [-0.2, 0) is 7.05 Å². The van der Waals surface area contributed by atoms with Crippen molar-refractivity contribution in [2.75, 3.05) is 24.5 Å². The summed E-state index contributed by atoms with van der Waals surface area (Å²) in [6.07, 6.45) is 2.28. The molecule has 0 aromatic carbocycles. The second-order valence-electron chi connectivity index (χ2n) is 5.06. The van der Waals surface area contributed by atoms with Crippen LogP contribution in [0.5, 0.6) is 0 Å². The summed E-state index contributed by atoms with van der Waals surface area (Å²) in [4.78, 5) is 13.9. The minimum atomic E-state index is -0.400. The van der Waals surface area contributed by atoms with Crippen LogP contribution >= 0.6 is 0 Å². The number of piperidine rings is 1. The number of hydrogen-bond donors (Lipinski definition) is 2. The second-order valence-corrected chi connectivity index (χ2v) is 5.06. The van der Waals surface area contributed by atoms with Crippen LogP contribution in [0.25, 0.3) is 0 Å². The quantitative estimate of drug-likeness (QED) is 0.826. The van der Waals surface area contributed by atoms with Gasteiger partial charge in [0.05, 0.1) is 5.69 Å². The minimum Gasteiger partial charge on any atom is -0.365 e. The molecular formula is C13H23N5O. The molecule has 1 unspecified atom stereocenters. The Morgan fingerprint density at radius 3 is 2.89 bits per heavy atom. The average Bonchev–Trinajstić information content (AvgIpc) is 2.67. The Kier molecular flexibility index (Phi) is 4.09. The Labute approximate surface area is 113 Å². The third-order valence-corrected chi connectivity index (χ3v) is 3.76. The van der Waals surface area contributed by atoms with Crippen molar-refractivity contribution in [2.24, 2.45) is 12.8 Å². The van der Waals surface area contributed by atoms with Crippen LogP contribution in [0.1, 0.15) is 35.8 Å². The fourth-order valence-corrected chi connectivity index (χ4v) is 2.94. The summed E-state index contributed by atoms with van der Waals surface area (Å²) < 4.78 is 1.77. The van der Waals surface area contributed by atoms with Crippen molar-refractivity contribution in [2.45, 2.75) is 32.7 Å². The standard InChI is InChI=1S/C13H23N5O/c1-4-18(10-6-5-7-15-8-10)13-11(12(14)19)9(2)16-17(13)3/h10,15H,4-8H2,1-3H3,(H2,14,19). The first-order chi connectivity index (χ1) is 9.06. The number of primary amides is 1. The van der Waals surface area contributed by atoms with Gasteiger partial charge in [-0.3, -0.25) is 9.48 Å². The molecule has 1 atom stereocenters. The lowest BCUT2D eigenvalue weighted by molar-refractivity contribution is 0.1000. The first-order valence-electron chi connectivity index (χ1n) is 6.87. The molecule has 3 N–H and O–H groups in total. The summed E-state index contributed by atoms with van der Waals surface area (Å²) in [6.45, 7) is 6.78. The largest absolute Gasteiger partial charge is 0.365 e. The Morgan fingerprint density at radius 2 is 2.37 bits per heavy atom. The van der Waals surface area contributed by atoms with Crippen LogP contribution in [-0.4, -0.2) is 41.4 Å². The van der Waals surface area contributed by atoms with E-state index < -0.39 is 5.91 Å². The van der Waals surface area contributed by atoms with E-state index >= 15 is 0 Å². The molecule has 1 amide bonds. The number of rotatable bonds is 4.